The lowest BCUT2D eigenvalue weighted by Gasteiger charge is -2.09. The molecule has 0 spiro atoms. The fourth-order valence-electron chi connectivity index (χ4n) is 1.89. The zero-order valence-corrected chi connectivity index (χ0v) is 13.0. The maximum absolute atomic E-state index is 10.5. The highest BCUT2D eigenvalue weighted by molar-refractivity contribution is 7.85. The summed E-state index contributed by atoms with van der Waals surface area (Å²) in [5.41, 5.74) is 1.26. The van der Waals surface area contributed by atoms with Gasteiger partial charge in [-0.2, -0.15) is 8.42 Å². The van der Waals surface area contributed by atoms with E-state index >= 15 is 0 Å². The van der Waals surface area contributed by atoms with E-state index in [1.807, 2.05) is 12.1 Å². The van der Waals surface area contributed by atoms with Crippen LogP contribution in [0.2, 0.25) is 0 Å². The maximum Gasteiger partial charge on any atom is 0.264 e. The van der Waals surface area contributed by atoms with Crippen molar-refractivity contribution in [2.75, 3.05) is 12.4 Å². The van der Waals surface area contributed by atoms with Gasteiger partial charge in [-0.1, -0.05) is 38.8 Å². The van der Waals surface area contributed by atoms with E-state index < -0.39 is 10.1 Å². The minimum absolute atomic E-state index is 0.149. The molecule has 0 heterocycles. The SMILES string of the molecule is CC(C)c1cccc(OCCCCCCS(=O)(=O)O)c1. The molecule has 0 aliphatic carbocycles. The molecule has 0 fully saturated rings. The first-order chi connectivity index (χ1) is 9.38. The Morgan fingerprint density at radius 1 is 1.15 bits per heavy atom. The second-order valence-electron chi connectivity index (χ2n) is 5.28. The van der Waals surface area contributed by atoms with Crippen molar-refractivity contribution in [3.05, 3.63) is 29.8 Å². The molecule has 1 aromatic carbocycles. The van der Waals surface area contributed by atoms with E-state index in [1.165, 1.54) is 5.56 Å². The molecule has 0 saturated carbocycles. The molecular formula is C15H24O4S. The Morgan fingerprint density at radius 3 is 2.50 bits per heavy atom. The lowest BCUT2D eigenvalue weighted by atomic mass is 10.0. The first kappa shape index (κ1) is 17.0. The first-order valence-corrected chi connectivity index (χ1v) is 8.67. The van der Waals surface area contributed by atoms with Crippen LogP contribution in [0.25, 0.3) is 0 Å². The van der Waals surface area contributed by atoms with Crippen molar-refractivity contribution >= 4 is 10.1 Å². The number of benzene rings is 1. The van der Waals surface area contributed by atoms with E-state index in [0.29, 0.717) is 18.9 Å². The fourth-order valence-corrected chi connectivity index (χ4v) is 2.46. The van der Waals surface area contributed by atoms with Crippen LogP contribution in [0, 0.1) is 0 Å². The summed E-state index contributed by atoms with van der Waals surface area (Å²) >= 11 is 0. The molecule has 0 radical (unpaired) electrons. The summed E-state index contributed by atoms with van der Waals surface area (Å²) < 4.78 is 35.3. The van der Waals surface area contributed by atoms with E-state index in [-0.39, 0.29) is 5.75 Å². The van der Waals surface area contributed by atoms with E-state index in [2.05, 4.69) is 26.0 Å². The van der Waals surface area contributed by atoms with Crippen molar-refractivity contribution in [1.29, 1.82) is 0 Å². The van der Waals surface area contributed by atoms with Gasteiger partial charge in [0.05, 0.1) is 12.4 Å². The van der Waals surface area contributed by atoms with Gasteiger partial charge in [0, 0.05) is 0 Å². The average molecular weight is 300 g/mol. The summed E-state index contributed by atoms with van der Waals surface area (Å²) in [6.07, 6.45) is 3.08. The Labute approximate surface area is 121 Å². The third-order valence-corrected chi connectivity index (χ3v) is 3.89. The standard InChI is InChI=1S/C15H24O4S/c1-13(2)14-8-7-9-15(12-14)19-10-5-3-4-6-11-20(16,17)18/h7-9,12-13H,3-6,10-11H2,1-2H3,(H,16,17,18). The van der Waals surface area contributed by atoms with Crippen LogP contribution >= 0.6 is 0 Å². The van der Waals surface area contributed by atoms with Gasteiger partial charge in [-0.15, -0.1) is 0 Å². The molecule has 0 aliphatic rings. The minimum Gasteiger partial charge on any atom is -0.494 e. The number of hydrogen-bond donors (Lipinski definition) is 1. The molecule has 0 aromatic heterocycles. The van der Waals surface area contributed by atoms with Gasteiger partial charge in [-0.05, 0) is 36.5 Å². The molecule has 114 valence electrons. The van der Waals surface area contributed by atoms with Crippen LogP contribution in [0.3, 0.4) is 0 Å². The number of rotatable bonds is 9. The van der Waals surface area contributed by atoms with Gasteiger partial charge < -0.3 is 4.74 Å². The van der Waals surface area contributed by atoms with Crippen molar-refractivity contribution in [1.82, 2.24) is 0 Å². The Morgan fingerprint density at radius 2 is 1.85 bits per heavy atom. The van der Waals surface area contributed by atoms with E-state index in [1.54, 1.807) is 0 Å². The van der Waals surface area contributed by atoms with Crippen molar-refractivity contribution in [3.63, 3.8) is 0 Å². The van der Waals surface area contributed by atoms with Crippen LogP contribution in [0.15, 0.2) is 24.3 Å². The van der Waals surface area contributed by atoms with Crippen LogP contribution in [0.4, 0.5) is 0 Å². The highest BCUT2D eigenvalue weighted by Crippen LogP contribution is 2.20. The summed E-state index contributed by atoms with van der Waals surface area (Å²) in [6, 6.07) is 8.09. The highest BCUT2D eigenvalue weighted by Gasteiger charge is 2.03. The average Bonchev–Trinajstić information content (AvgIpc) is 2.36. The topological polar surface area (TPSA) is 63.6 Å². The largest absolute Gasteiger partial charge is 0.494 e. The van der Waals surface area contributed by atoms with Crippen LogP contribution < -0.4 is 4.74 Å². The molecular weight excluding hydrogens is 276 g/mol. The molecule has 0 unspecified atom stereocenters. The zero-order chi connectivity index (χ0) is 15.0. The first-order valence-electron chi connectivity index (χ1n) is 7.06. The third kappa shape index (κ3) is 7.50. The summed E-state index contributed by atoms with van der Waals surface area (Å²) in [6.45, 7) is 4.93. The molecule has 0 aliphatic heterocycles. The van der Waals surface area contributed by atoms with Crippen LogP contribution in [-0.2, 0) is 10.1 Å². The normalized spacial score (nSPS) is 11.8. The molecule has 20 heavy (non-hydrogen) atoms. The van der Waals surface area contributed by atoms with Crippen molar-refractivity contribution in [2.45, 2.75) is 45.4 Å². The second-order valence-corrected chi connectivity index (χ2v) is 6.85. The zero-order valence-electron chi connectivity index (χ0n) is 12.2. The summed E-state index contributed by atoms with van der Waals surface area (Å²) in [5.74, 6) is 1.22. The van der Waals surface area contributed by atoms with Crippen molar-refractivity contribution in [2.24, 2.45) is 0 Å². The van der Waals surface area contributed by atoms with Crippen LogP contribution in [0.1, 0.15) is 51.0 Å². The molecule has 1 aromatic rings. The number of unbranched alkanes of at least 4 members (excludes halogenated alkanes) is 3. The number of ether oxygens (including phenoxy) is 1. The molecule has 0 saturated heterocycles. The predicted molar refractivity (Wildman–Crippen MR) is 80.9 cm³/mol. The fraction of sp³-hybridized carbons (Fsp3) is 0.600. The van der Waals surface area contributed by atoms with Crippen molar-refractivity contribution < 1.29 is 17.7 Å². The van der Waals surface area contributed by atoms with Gasteiger partial charge in [0.25, 0.3) is 10.1 Å². The maximum atomic E-state index is 10.5. The summed E-state index contributed by atoms with van der Waals surface area (Å²) in [4.78, 5) is 0. The summed E-state index contributed by atoms with van der Waals surface area (Å²) in [7, 11) is -3.80. The molecule has 0 atom stereocenters. The molecule has 1 N–H and O–H groups in total. The Kier molecular flexibility index (Phi) is 7.02. The molecule has 0 amide bonds. The molecule has 5 heteroatoms. The monoisotopic (exact) mass is 300 g/mol. The van der Waals surface area contributed by atoms with Gasteiger partial charge in [0.2, 0.25) is 0 Å². The molecule has 0 bridgehead atoms. The van der Waals surface area contributed by atoms with Crippen LogP contribution in [-0.4, -0.2) is 25.3 Å². The van der Waals surface area contributed by atoms with E-state index in [4.69, 9.17) is 9.29 Å². The van der Waals surface area contributed by atoms with Crippen molar-refractivity contribution in [3.8, 4) is 5.75 Å². The lowest BCUT2D eigenvalue weighted by molar-refractivity contribution is 0.304. The van der Waals surface area contributed by atoms with Gasteiger partial charge in [0.15, 0.2) is 0 Å². The lowest BCUT2D eigenvalue weighted by Crippen LogP contribution is -2.04. The summed E-state index contributed by atoms with van der Waals surface area (Å²) in [5, 5.41) is 0. The van der Waals surface area contributed by atoms with Gasteiger partial charge >= 0.3 is 0 Å². The third-order valence-electron chi connectivity index (χ3n) is 3.09. The van der Waals surface area contributed by atoms with Crippen LogP contribution in [0.5, 0.6) is 5.75 Å². The molecule has 4 nitrogen and oxygen atoms in total. The second kappa shape index (κ2) is 8.27. The van der Waals surface area contributed by atoms with Gasteiger partial charge in [-0.25, -0.2) is 0 Å². The highest BCUT2D eigenvalue weighted by atomic mass is 32.2. The minimum atomic E-state index is -3.80. The van der Waals surface area contributed by atoms with E-state index in [0.717, 1.165) is 25.0 Å². The Balaban J connectivity index is 2.17. The van der Waals surface area contributed by atoms with Gasteiger partial charge in [-0.3, -0.25) is 4.55 Å². The van der Waals surface area contributed by atoms with Gasteiger partial charge in [0.1, 0.15) is 5.75 Å². The number of hydrogen-bond acceptors (Lipinski definition) is 3. The Hall–Kier alpha value is -1.07. The van der Waals surface area contributed by atoms with E-state index in [9.17, 15) is 8.42 Å². The quantitative estimate of drug-likeness (QED) is 0.558. The smallest absolute Gasteiger partial charge is 0.264 e. The molecule has 1 rings (SSSR count). The predicted octanol–water partition coefficient (Wildman–Crippen LogP) is 3.64. The Bertz CT molecular complexity index is 494.